The van der Waals surface area contributed by atoms with Crippen molar-refractivity contribution >= 4 is 44.9 Å². The molecular weight excluding hydrogens is 445 g/mol. The van der Waals surface area contributed by atoms with Crippen LogP contribution < -0.4 is 10.2 Å². The molecule has 1 N–H and O–H groups in total. The Hall–Kier alpha value is -2.97. The van der Waals surface area contributed by atoms with E-state index in [0.29, 0.717) is 11.4 Å². The van der Waals surface area contributed by atoms with Gasteiger partial charge in [-0.25, -0.2) is 4.39 Å². The quantitative estimate of drug-likeness (QED) is 0.365. The summed E-state index contributed by atoms with van der Waals surface area (Å²) >= 11 is 2.87. The highest BCUT2D eigenvalue weighted by Gasteiger charge is 2.17. The van der Waals surface area contributed by atoms with Gasteiger partial charge < -0.3 is 5.32 Å². The number of hydrogen-bond donors (Lipinski definition) is 1. The Bertz CT molecular complexity index is 1300. The highest BCUT2D eigenvalue weighted by atomic mass is 32.2. The number of carbonyl (C=O) groups excluding carboxylic acids is 1. The van der Waals surface area contributed by atoms with Gasteiger partial charge in [0.05, 0.1) is 34.6 Å². The second-order valence-electron chi connectivity index (χ2n) is 7.30. The number of halogens is 1. The molecule has 4 rings (SSSR count). The van der Waals surface area contributed by atoms with Gasteiger partial charge in [-0.1, -0.05) is 30.4 Å². The van der Waals surface area contributed by atoms with Gasteiger partial charge in [-0.15, -0.1) is 11.8 Å². The van der Waals surface area contributed by atoms with Gasteiger partial charge in [0.2, 0.25) is 5.91 Å². The van der Waals surface area contributed by atoms with Gasteiger partial charge in [-0.3, -0.25) is 19.1 Å². The molecular formula is C24H22FN3O2S2. The van der Waals surface area contributed by atoms with Crippen LogP contribution in [-0.4, -0.2) is 21.2 Å². The third-order valence-electron chi connectivity index (χ3n) is 5.06. The normalized spacial score (nSPS) is 12.1. The standard InChI is InChI=1S/C24H22FN3O2S2/c1-3-31-19-8-4-16(5-9-19)12-23(29)27-18-7-11-21-22(13-18)32-24(30)28(21)15(2)20-10-6-17(25)14-26-20/h4-11,13-15H,3,12H2,1-2H3,(H,27,29). The molecule has 0 bridgehead atoms. The second kappa shape index (κ2) is 9.67. The van der Waals surface area contributed by atoms with Crippen LogP contribution in [0, 0.1) is 5.82 Å². The first-order valence-electron chi connectivity index (χ1n) is 10.2. The van der Waals surface area contributed by atoms with Crippen molar-refractivity contribution < 1.29 is 9.18 Å². The number of carbonyl (C=O) groups is 1. The third kappa shape index (κ3) is 4.92. The summed E-state index contributed by atoms with van der Waals surface area (Å²) in [6.45, 7) is 3.96. The number of benzene rings is 2. The average Bonchev–Trinajstić information content (AvgIpc) is 3.10. The van der Waals surface area contributed by atoms with Crippen molar-refractivity contribution in [1.82, 2.24) is 9.55 Å². The zero-order valence-corrected chi connectivity index (χ0v) is 19.3. The minimum Gasteiger partial charge on any atom is -0.326 e. The Morgan fingerprint density at radius 3 is 2.66 bits per heavy atom. The first-order chi connectivity index (χ1) is 15.4. The molecule has 2 heterocycles. The largest absolute Gasteiger partial charge is 0.326 e. The Labute approximate surface area is 193 Å². The number of aromatic nitrogens is 2. The number of thioether (sulfide) groups is 1. The van der Waals surface area contributed by atoms with Crippen molar-refractivity contribution in [2.45, 2.75) is 31.2 Å². The van der Waals surface area contributed by atoms with Gasteiger partial charge in [0.15, 0.2) is 0 Å². The van der Waals surface area contributed by atoms with Crippen LogP contribution in [0.25, 0.3) is 10.2 Å². The van der Waals surface area contributed by atoms with E-state index in [9.17, 15) is 14.0 Å². The molecule has 2 aromatic carbocycles. The highest BCUT2D eigenvalue weighted by Crippen LogP contribution is 2.27. The second-order valence-corrected chi connectivity index (χ2v) is 9.63. The number of rotatable bonds is 7. The Morgan fingerprint density at radius 1 is 1.19 bits per heavy atom. The molecule has 2 aromatic heterocycles. The van der Waals surface area contributed by atoms with Gasteiger partial charge in [-0.05, 0) is 60.7 Å². The van der Waals surface area contributed by atoms with E-state index in [-0.39, 0.29) is 23.2 Å². The molecule has 0 aliphatic rings. The molecule has 1 amide bonds. The van der Waals surface area contributed by atoms with Crippen LogP contribution in [0.3, 0.4) is 0 Å². The molecule has 5 nitrogen and oxygen atoms in total. The zero-order chi connectivity index (χ0) is 22.7. The predicted octanol–water partition coefficient (Wildman–Crippen LogP) is 5.50. The summed E-state index contributed by atoms with van der Waals surface area (Å²) in [6.07, 6.45) is 1.43. The van der Waals surface area contributed by atoms with E-state index in [2.05, 4.69) is 17.2 Å². The summed E-state index contributed by atoms with van der Waals surface area (Å²) in [4.78, 5) is 30.3. The predicted molar refractivity (Wildman–Crippen MR) is 129 cm³/mol. The number of nitrogens with zero attached hydrogens (tertiary/aromatic N) is 2. The molecule has 4 aromatic rings. The first-order valence-corrected chi connectivity index (χ1v) is 12.0. The van der Waals surface area contributed by atoms with Crippen LogP contribution >= 0.6 is 23.1 Å². The fourth-order valence-electron chi connectivity index (χ4n) is 3.51. The molecule has 0 aliphatic heterocycles. The van der Waals surface area contributed by atoms with Crippen molar-refractivity contribution in [3.63, 3.8) is 0 Å². The third-order valence-corrected chi connectivity index (χ3v) is 6.87. The Morgan fingerprint density at radius 2 is 1.97 bits per heavy atom. The topological polar surface area (TPSA) is 64.0 Å². The van der Waals surface area contributed by atoms with E-state index in [1.165, 1.54) is 11.0 Å². The molecule has 0 saturated heterocycles. The summed E-state index contributed by atoms with van der Waals surface area (Å²) in [7, 11) is 0. The smallest absolute Gasteiger partial charge is 0.308 e. The minimum absolute atomic E-state index is 0.115. The maximum absolute atomic E-state index is 13.2. The van der Waals surface area contributed by atoms with E-state index in [4.69, 9.17) is 0 Å². The van der Waals surface area contributed by atoms with Crippen LogP contribution in [-0.2, 0) is 11.2 Å². The Kier molecular flexibility index (Phi) is 6.72. The van der Waals surface area contributed by atoms with Crippen LogP contribution in [0.4, 0.5) is 10.1 Å². The van der Waals surface area contributed by atoms with Crippen LogP contribution in [0.2, 0.25) is 0 Å². The lowest BCUT2D eigenvalue weighted by molar-refractivity contribution is -0.115. The van der Waals surface area contributed by atoms with Gasteiger partial charge in [0.1, 0.15) is 5.82 Å². The minimum atomic E-state index is -0.417. The molecule has 0 radical (unpaired) electrons. The van der Waals surface area contributed by atoms with Gasteiger partial charge in [-0.2, -0.15) is 0 Å². The summed E-state index contributed by atoms with van der Waals surface area (Å²) in [5.41, 5.74) is 2.94. The van der Waals surface area contributed by atoms with Gasteiger partial charge >= 0.3 is 4.87 Å². The highest BCUT2D eigenvalue weighted by molar-refractivity contribution is 7.99. The van der Waals surface area contributed by atoms with E-state index in [1.807, 2.05) is 43.3 Å². The molecule has 1 atom stereocenters. The number of hydrogen-bond acceptors (Lipinski definition) is 5. The number of pyridine rings is 1. The fourth-order valence-corrected chi connectivity index (χ4v) is 5.17. The molecule has 0 spiro atoms. The lowest BCUT2D eigenvalue weighted by Gasteiger charge is -2.13. The number of fused-ring (bicyclic) bond motifs is 1. The van der Waals surface area contributed by atoms with Crippen molar-refractivity contribution in [2.24, 2.45) is 0 Å². The summed E-state index contributed by atoms with van der Waals surface area (Å²) < 4.78 is 15.6. The summed E-state index contributed by atoms with van der Waals surface area (Å²) in [5.74, 6) is 0.477. The monoisotopic (exact) mass is 467 g/mol. The van der Waals surface area contributed by atoms with Crippen LogP contribution in [0.15, 0.2) is 70.5 Å². The number of anilines is 1. The van der Waals surface area contributed by atoms with Gasteiger partial charge in [0, 0.05) is 10.6 Å². The maximum Gasteiger partial charge on any atom is 0.308 e. The molecule has 1 unspecified atom stereocenters. The maximum atomic E-state index is 13.2. The summed E-state index contributed by atoms with van der Waals surface area (Å²) in [6, 6.07) is 16.0. The summed E-state index contributed by atoms with van der Waals surface area (Å²) in [5, 5.41) is 2.92. The molecule has 0 aliphatic carbocycles. The molecule has 164 valence electrons. The van der Waals surface area contributed by atoms with Crippen molar-refractivity contribution in [1.29, 1.82) is 0 Å². The van der Waals surface area contributed by atoms with Gasteiger partial charge in [0.25, 0.3) is 0 Å². The zero-order valence-electron chi connectivity index (χ0n) is 17.7. The van der Waals surface area contributed by atoms with Crippen molar-refractivity contribution in [3.8, 4) is 0 Å². The van der Waals surface area contributed by atoms with E-state index in [1.54, 1.807) is 28.5 Å². The average molecular weight is 468 g/mol. The molecule has 0 fully saturated rings. The lowest BCUT2D eigenvalue weighted by atomic mass is 10.1. The fraction of sp³-hybridized carbons (Fsp3) is 0.208. The number of nitrogens with one attached hydrogen (secondary N) is 1. The van der Waals surface area contributed by atoms with E-state index < -0.39 is 5.82 Å². The number of amides is 1. The van der Waals surface area contributed by atoms with Crippen molar-refractivity contribution in [3.05, 3.63) is 87.5 Å². The number of thiazole rings is 1. The Balaban J connectivity index is 1.51. The van der Waals surface area contributed by atoms with Crippen molar-refractivity contribution in [2.75, 3.05) is 11.1 Å². The van der Waals surface area contributed by atoms with Crippen LogP contribution in [0.1, 0.15) is 31.1 Å². The molecule has 8 heteroatoms. The SMILES string of the molecule is CCSc1ccc(CC(=O)Nc2ccc3c(c2)sc(=O)n3C(C)c2ccc(F)cn2)cc1. The van der Waals surface area contributed by atoms with E-state index >= 15 is 0 Å². The van der Waals surface area contributed by atoms with Crippen LogP contribution in [0.5, 0.6) is 0 Å². The lowest BCUT2D eigenvalue weighted by Crippen LogP contribution is -2.19. The first kappa shape index (κ1) is 22.2. The molecule has 0 saturated carbocycles. The van der Waals surface area contributed by atoms with E-state index in [0.717, 1.165) is 39.1 Å². The molecule has 32 heavy (non-hydrogen) atoms.